The molecule has 60 heavy (non-hydrogen) atoms. The quantitative estimate of drug-likeness (QED) is 0.169. The Bertz CT molecular complexity index is 3450. The van der Waals surface area contributed by atoms with Crippen molar-refractivity contribution in [2.75, 3.05) is 4.90 Å². The van der Waals surface area contributed by atoms with Crippen LogP contribution in [0.25, 0.3) is 88.6 Å². The van der Waals surface area contributed by atoms with Gasteiger partial charge in [0.2, 0.25) is 5.89 Å². The molecule has 4 heteroatoms. The fourth-order valence-corrected chi connectivity index (χ4v) is 9.48. The van der Waals surface area contributed by atoms with Crippen LogP contribution in [0.5, 0.6) is 0 Å². The van der Waals surface area contributed by atoms with Crippen LogP contribution in [-0.2, 0) is 5.41 Å². The summed E-state index contributed by atoms with van der Waals surface area (Å²) in [6.07, 6.45) is 0. The van der Waals surface area contributed by atoms with Crippen molar-refractivity contribution in [3.8, 4) is 44.8 Å². The van der Waals surface area contributed by atoms with Crippen molar-refractivity contribution >= 4 is 60.9 Å². The molecular formula is C56H38N2O2. The van der Waals surface area contributed by atoms with Crippen LogP contribution >= 0.6 is 0 Å². The van der Waals surface area contributed by atoms with Gasteiger partial charge in [-0.05, 0) is 123 Å². The number of anilines is 3. The van der Waals surface area contributed by atoms with Crippen molar-refractivity contribution in [1.29, 1.82) is 0 Å². The zero-order valence-corrected chi connectivity index (χ0v) is 33.2. The monoisotopic (exact) mass is 770 g/mol. The van der Waals surface area contributed by atoms with Crippen LogP contribution in [0.4, 0.5) is 17.1 Å². The molecule has 0 N–H and O–H groups in total. The van der Waals surface area contributed by atoms with E-state index in [9.17, 15) is 0 Å². The van der Waals surface area contributed by atoms with Gasteiger partial charge >= 0.3 is 0 Å². The third kappa shape index (κ3) is 5.34. The van der Waals surface area contributed by atoms with E-state index in [1.54, 1.807) is 0 Å². The highest BCUT2D eigenvalue weighted by Gasteiger charge is 2.36. The second kappa shape index (κ2) is 13.2. The van der Waals surface area contributed by atoms with Crippen LogP contribution in [0.2, 0.25) is 0 Å². The van der Waals surface area contributed by atoms with Gasteiger partial charge in [0.25, 0.3) is 0 Å². The topological polar surface area (TPSA) is 42.4 Å². The number of rotatable bonds is 6. The van der Waals surface area contributed by atoms with Crippen LogP contribution in [0.1, 0.15) is 25.0 Å². The number of benzene rings is 9. The van der Waals surface area contributed by atoms with E-state index < -0.39 is 0 Å². The molecule has 0 unspecified atom stereocenters. The van der Waals surface area contributed by atoms with Gasteiger partial charge in [0.15, 0.2) is 5.58 Å². The molecule has 2 heterocycles. The van der Waals surface area contributed by atoms with Crippen molar-refractivity contribution in [2.24, 2.45) is 0 Å². The molecule has 0 fully saturated rings. The molecule has 0 radical (unpaired) electrons. The maximum atomic E-state index is 6.90. The molecule has 0 saturated carbocycles. The normalized spacial score (nSPS) is 13.0. The van der Waals surface area contributed by atoms with Crippen LogP contribution in [0.3, 0.4) is 0 Å². The highest BCUT2D eigenvalue weighted by atomic mass is 16.3. The number of hydrogen-bond donors (Lipinski definition) is 0. The summed E-state index contributed by atoms with van der Waals surface area (Å²) >= 11 is 0. The van der Waals surface area contributed by atoms with Crippen molar-refractivity contribution in [2.45, 2.75) is 19.3 Å². The van der Waals surface area contributed by atoms with Gasteiger partial charge < -0.3 is 13.7 Å². The zero-order chi connectivity index (χ0) is 40.0. The Morgan fingerprint density at radius 3 is 1.92 bits per heavy atom. The lowest BCUT2D eigenvalue weighted by Gasteiger charge is -2.28. The lowest BCUT2D eigenvalue weighted by molar-refractivity contribution is 0.620. The molecule has 9 aromatic carbocycles. The molecule has 2 aromatic heterocycles. The van der Waals surface area contributed by atoms with Crippen molar-refractivity contribution in [1.82, 2.24) is 4.98 Å². The van der Waals surface area contributed by atoms with E-state index in [4.69, 9.17) is 13.8 Å². The van der Waals surface area contributed by atoms with E-state index in [2.05, 4.69) is 176 Å². The summed E-state index contributed by atoms with van der Waals surface area (Å²) < 4.78 is 13.3. The minimum atomic E-state index is -0.134. The predicted molar refractivity (Wildman–Crippen MR) is 247 cm³/mol. The molecule has 1 aliphatic rings. The van der Waals surface area contributed by atoms with Crippen molar-refractivity contribution < 1.29 is 8.83 Å². The molecule has 0 atom stereocenters. The summed E-state index contributed by atoms with van der Waals surface area (Å²) in [4.78, 5) is 7.20. The Hall–Kier alpha value is -7.69. The third-order valence-electron chi connectivity index (χ3n) is 12.5. The zero-order valence-electron chi connectivity index (χ0n) is 33.2. The number of oxazole rings is 1. The molecule has 0 saturated heterocycles. The van der Waals surface area contributed by atoms with Crippen LogP contribution in [-0.4, -0.2) is 4.98 Å². The molecule has 0 spiro atoms. The number of aromatic nitrogens is 1. The Morgan fingerprint density at radius 2 is 1.08 bits per heavy atom. The van der Waals surface area contributed by atoms with Crippen LogP contribution in [0, 0.1) is 0 Å². The summed E-state index contributed by atoms with van der Waals surface area (Å²) in [5, 5.41) is 4.38. The van der Waals surface area contributed by atoms with Gasteiger partial charge in [-0.25, -0.2) is 4.98 Å². The van der Waals surface area contributed by atoms with E-state index in [1.807, 2.05) is 36.4 Å². The number of hydrogen-bond acceptors (Lipinski definition) is 4. The standard InChI is InChI=1S/C56H38N2O2/c1-56(2)48-20-12-11-19-44(48)45-28-26-42(34-49(45)56)58(40-24-21-36(22-25-40)35-13-5-3-6-14-35)41-27-30-51-46(33-41)47-31-38-17-9-10-18-43(38)53(54(47)59-51)39-23-29-50-52(32-39)60-55(57-50)37-15-7-4-8-16-37/h3-34H,1-2H3. The fraction of sp³-hybridized carbons (Fsp3) is 0.0536. The summed E-state index contributed by atoms with van der Waals surface area (Å²) in [6.45, 7) is 4.68. The summed E-state index contributed by atoms with van der Waals surface area (Å²) in [5.41, 5.74) is 17.0. The number of nitrogens with zero attached hydrogens (tertiary/aromatic N) is 2. The average molecular weight is 771 g/mol. The SMILES string of the molecule is CC1(C)c2ccccc2-c2ccc(N(c3ccc(-c4ccccc4)cc3)c3ccc4oc5c(-c6ccc7nc(-c8ccccc8)oc7c6)c6ccccc6cc5c4c3)cc21. The Balaban J connectivity index is 1.04. The molecular weight excluding hydrogens is 733 g/mol. The van der Waals surface area contributed by atoms with E-state index in [0.717, 1.165) is 77.6 Å². The first-order chi connectivity index (χ1) is 29.5. The fourth-order valence-electron chi connectivity index (χ4n) is 9.48. The second-order valence-electron chi connectivity index (χ2n) is 16.3. The van der Waals surface area contributed by atoms with Gasteiger partial charge in [-0.3, -0.25) is 0 Å². The van der Waals surface area contributed by atoms with E-state index in [1.165, 1.54) is 33.4 Å². The van der Waals surface area contributed by atoms with Crippen LogP contribution in [0.15, 0.2) is 203 Å². The number of fused-ring (bicyclic) bond motifs is 8. The molecule has 11 aromatic rings. The first-order valence-electron chi connectivity index (χ1n) is 20.5. The minimum Gasteiger partial charge on any atom is -0.455 e. The highest BCUT2D eigenvalue weighted by Crippen LogP contribution is 2.51. The van der Waals surface area contributed by atoms with Gasteiger partial charge in [-0.1, -0.05) is 135 Å². The van der Waals surface area contributed by atoms with E-state index in [0.29, 0.717) is 5.89 Å². The molecule has 1 aliphatic carbocycles. The molecule has 4 nitrogen and oxygen atoms in total. The van der Waals surface area contributed by atoms with Crippen molar-refractivity contribution in [3.05, 3.63) is 205 Å². The number of furan rings is 1. The highest BCUT2D eigenvalue weighted by molar-refractivity contribution is 6.19. The van der Waals surface area contributed by atoms with Gasteiger partial charge in [0.1, 0.15) is 16.7 Å². The Morgan fingerprint density at radius 1 is 0.433 bits per heavy atom. The van der Waals surface area contributed by atoms with Crippen LogP contribution < -0.4 is 4.90 Å². The maximum Gasteiger partial charge on any atom is 0.227 e. The van der Waals surface area contributed by atoms with Crippen molar-refractivity contribution in [3.63, 3.8) is 0 Å². The largest absolute Gasteiger partial charge is 0.455 e. The molecule has 0 amide bonds. The van der Waals surface area contributed by atoms with Gasteiger partial charge in [-0.15, -0.1) is 0 Å². The summed E-state index contributed by atoms with van der Waals surface area (Å²) in [5.74, 6) is 0.609. The molecule has 0 bridgehead atoms. The Kier molecular flexibility index (Phi) is 7.54. The Labute approximate surface area is 347 Å². The van der Waals surface area contributed by atoms with E-state index >= 15 is 0 Å². The average Bonchev–Trinajstić information content (AvgIpc) is 3.96. The first-order valence-corrected chi connectivity index (χ1v) is 20.5. The van der Waals surface area contributed by atoms with E-state index in [-0.39, 0.29) is 5.41 Å². The van der Waals surface area contributed by atoms with Gasteiger partial charge in [0, 0.05) is 44.4 Å². The molecule has 12 rings (SSSR count). The molecule has 0 aliphatic heterocycles. The minimum absolute atomic E-state index is 0.134. The third-order valence-corrected chi connectivity index (χ3v) is 12.5. The van der Waals surface area contributed by atoms with Gasteiger partial charge in [0.05, 0.1) is 0 Å². The lowest BCUT2D eigenvalue weighted by atomic mass is 9.82. The summed E-state index contributed by atoms with van der Waals surface area (Å²) in [7, 11) is 0. The molecule has 284 valence electrons. The predicted octanol–water partition coefficient (Wildman–Crippen LogP) is 15.7. The summed E-state index contributed by atoms with van der Waals surface area (Å²) in [6, 6.07) is 69.1. The smallest absolute Gasteiger partial charge is 0.227 e. The van der Waals surface area contributed by atoms with Gasteiger partial charge in [-0.2, -0.15) is 0 Å². The second-order valence-corrected chi connectivity index (χ2v) is 16.3. The maximum absolute atomic E-state index is 6.90. The lowest BCUT2D eigenvalue weighted by Crippen LogP contribution is -2.16. The first kappa shape index (κ1) is 34.4.